The summed E-state index contributed by atoms with van der Waals surface area (Å²) in [5.74, 6) is 0.950. The molecular weight excluding hydrogens is 296 g/mol. The lowest BCUT2D eigenvalue weighted by molar-refractivity contribution is 0.252. The first-order chi connectivity index (χ1) is 10.3. The molecule has 0 aromatic heterocycles. The van der Waals surface area contributed by atoms with Crippen LogP contribution in [0.1, 0.15) is 24.1 Å². The summed E-state index contributed by atoms with van der Waals surface area (Å²) in [6, 6.07) is 19.6. The first-order valence-corrected chi connectivity index (χ1v) is 8.84. The highest BCUT2D eigenvalue weighted by molar-refractivity contribution is 8.18. The molecule has 21 heavy (non-hydrogen) atoms. The largest absolute Gasteiger partial charge is 0.277 e. The molecule has 0 aliphatic carbocycles. The molecule has 0 spiro atoms. The third kappa shape index (κ3) is 2.27. The maximum absolute atomic E-state index is 4.64. The van der Waals surface area contributed by atoms with Crippen molar-refractivity contribution in [1.29, 1.82) is 0 Å². The first-order valence-electron chi connectivity index (χ1n) is 7.04. The zero-order valence-electron chi connectivity index (χ0n) is 11.8. The van der Waals surface area contributed by atoms with Gasteiger partial charge < -0.3 is 0 Å². The van der Waals surface area contributed by atoms with Crippen LogP contribution in [0.15, 0.2) is 64.6 Å². The highest BCUT2D eigenvalue weighted by Gasteiger charge is 2.48. The Balaban J connectivity index is 1.73. The van der Waals surface area contributed by atoms with Crippen molar-refractivity contribution in [3.05, 3.63) is 65.7 Å². The summed E-state index contributed by atoms with van der Waals surface area (Å²) < 4.78 is 0.0786. The van der Waals surface area contributed by atoms with Crippen molar-refractivity contribution in [3.63, 3.8) is 0 Å². The summed E-state index contributed by atoms with van der Waals surface area (Å²) in [5, 5.41) is 6.87. The fourth-order valence-electron chi connectivity index (χ4n) is 2.98. The van der Waals surface area contributed by atoms with Crippen LogP contribution in [-0.2, 0) is 0 Å². The van der Waals surface area contributed by atoms with Crippen LogP contribution >= 0.6 is 23.5 Å². The number of thioether (sulfide) groups is 2. The number of benzene rings is 2. The van der Waals surface area contributed by atoms with E-state index in [1.165, 1.54) is 16.0 Å². The molecule has 2 aromatic rings. The molecule has 0 bridgehead atoms. The minimum atomic E-state index is 0.0786. The molecule has 106 valence electrons. The van der Waals surface area contributed by atoms with Crippen molar-refractivity contribution >= 4 is 29.7 Å². The normalized spacial score (nSPS) is 26.5. The molecule has 0 radical (unpaired) electrons. The lowest BCUT2D eigenvalue weighted by atomic mass is 9.97. The summed E-state index contributed by atoms with van der Waals surface area (Å²) in [7, 11) is 0. The van der Waals surface area contributed by atoms with Gasteiger partial charge in [0.1, 0.15) is 0 Å². The minimum absolute atomic E-state index is 0.0786. The molecule has 0 unspecified atom stereocenters. The minimum Gasteiger partial charge on any atom is -0.277 e. The van der Waals surface area contributed by atoms with Gasteiger partial charge in [0.2, 0.25) is 0 Å². The highest BCUT2D eigenvalue weighted by atomic mass is 32.2. The molecule has 2 atom stereocenters. The summed E-state index contributed by atoms with van der Waals surface area (Å²) in [4.78, 5) is 1.32. The Morgan fingerprint density at radius 2 is 1.90 bits per heavy atom. The molecule has 0 N–H and O–H groups in total. The zero-order chi connectivity index (χ0) is 14.3. The second kappa shape index (κ2) is 5.11. The van der Waals surface area contributed by atoms with Crippen LogP contribution in [0.25, 0.3) is 0 Å². The first kappa shape index (κ1) is 13.3. The van der Waals surface area contributed by atoms with Crippen LogP contribution < -0.4 is 0 Å². The summed E-state index contributed by atoms with van der Waals surface area (Å²) in [6.45, 7) is 2.34. The van der Waals surface area contributed by atoms with Crippen molar-refractivity contribution < 1.29 is 0 Å². The molecule has 2 nitrogen and oxygen atoms in total. The van der Waals surface area contributed by atoms with Gasteiger partial charge in [-0.15, -0.1) is 23.5 Å². The Hall–Kier alpha value is -1.39. The van der Waals surface area contributed by atoms with Crippen LogP contribution in [0, 0.1) is 0 Å². The van der Waals surface area contributed by atoms with Gasteiger partial charge in [0, 0.05) is 4.90 Å². The number of hydrogen-bond acceptors (Lipinski definition) is 4. The molecule has 0 saturated carbocycles. The van der Waals surface area contributed by atoms with Crippen LogP contribution in [0.5, 0.6) is 0 Å². The molecule has 1 fully saturated rings. The summed E-state index contributed by atoms with van der Waals surface area (Å²) >= 11 is 3.93. The van der Waals surface area contributed by atoms with Crippen LogP contribution in [0.3, 0.4) is 0 Å². The van der Waals surface area contributed by atoms with Crippen molar-refractivity contribution in [2.24, 2.45) is 5.10 Å². The lowest BCUT2D eigenvalue weighted by Crippen LogP contribution is -2.32. The highest BCUT2D eigenvalue weighted by Crippen LogP contribution is 2.58. The maximum Gasteiger partial charge on any atom is 0.0975 e. The number of hydrogen-bond donors (Lipinski definition) is 0. The summed E-state index contributed by atoms with van der Waals surface area (Å²) in [5.41, 5.74) is 2.64. The standard InChI is InChI=1S/C17H16N2S2/c1-17(21-14-8-3-2-4-9-14)16-15-10-6-5-7-13(15)11-18-19(16)12-20-17/h2-11,16H,12H2,1H3/t16-,17-/m0/s1. The van der Waals surface area contributed by atoms with Crippen molar-refractivity contribution in [1.82, 2.24) is 5.01 Å². The van der Waals surface area contributed by atoms with Crippen LogP contribution in [0.2, 0.25) is 0 Å². The molecule has 1 saturated heterocycles. The smallest absolute Gasteiger partial charge is 0.0975 e. The fraction of sp³-hybridized carbons (Fsp3) is 0.235. The van der Waals surface area contributed by atoms with E-state index in [2.05, 4.69) is 71.6 Å². The van der Waals surface area contributed by atoms with Gasteiger partial charge in [-0.05, 0) is 30.2 Å². The lowest BCUT2D eigenvalue weighted by Gasteiger charge is -2.35. The Labute approximate surface area is 133 Å². The van der Waals surface area contributed by atoms with Gasteiger partial charge in [0.25, 0.3) is 0 Å². The predicted molar refractivity (Wildman–Crippen MR) is 91.8 cm³/mol. The van der Waals surface area contributed by atoms with E-state index in [-0.39, 0.29) is 4.08 Å². The molecular formula is C17H16N2S2. The van der Waals surface area contributed by atoms with Crippen LogP contribution in [-0.4, -0.2) is 21.2 Å². The second-order valence-corrected chi connectivity index (χ2v) is 8.60. The van der Waals surface area contributed by atoms with Gasteiger partial charge in [-0.3, -0.25) is 5.01 Å². The SMILES string of the molecule is C[C@@]1(Sc2ccccc2)SCN2N=Cc3ccccc3[C@H]21. The number of hydrazone groups is 1. The number of fused-ring (bicyclic) bond motifs is 3. The Morgan fingerprint density at radius 3 is 2.76 bits per heavy atom. The molecule has 4 rings (SSSR count). The average Bonchev–Trinajstić information content (AvgIpc) is 2.86. The topological polar surface area (TPSA) is 15.6 Å². The van der Waals surface area contributed by atoms with Crippen molar-refractivity contribution in [2.75, 3.05) is 5.88 Å². The predicted octanol–water partition coefficient (Wildman–Crippen LogP) is 4.59. The van der Waals surface area contributed by atoms with Gasteiger partial charge in [0.05, 0.1) is 22.2 Å². The summed E-state index contributed by atoms with van der Waals surface area (Å²) in [6.07, 6.45) is 1.99. The van der Waals surface area contributed by atoms with Gasteiger partial charge >= 0.3 is 0 Å². The van der Waals surface area contributed by atoms with E-state index in [9.17, 15) is 0 Å². The number of nitrogens with zero attached hydrogens (tertiary/aromatic N) is 2. The van der Waals surface area contributed by atoms with Crippen LogP contribution in [0.4, 0.5) is 0 Å². The zero-order valence-corrected chi connectivity index (χ0v) is 13.4. The Morgan fingerprint density at radius 1 is 1.14 bits per heavy atom. The van der Waals surface area contributed by atoms with Crippen molar-refractivity contribution in [2.45, 2.75) is 21.9 Å². The molecule has 4 heteroatoms. The molecule has 2 heterocycles. The second-order valence-electron chi connectivity index (χ2n) is 5.42. The maximum atomic E-state index is 4.64. The van der Waals surface area contributed by atoms with Gasteiger partial charge in [-0.2, -0.15) is 5.10 Å². The Bertz CT molecular complexity index is 686. The van der Waals surface area contributed by atoms with E-state index < -0.39 is 0 Å². The molecule has 0 amide bonds. The molecule has 2 aliphatic heterocycles. The average molecular weight is 312 g/mol. The van der Waals surface area contributed by atoms with E-state index in [4.69, 9.17) is 0 Å². The van der Waals surface area contributed by atoms with E-state index in [1.807, 2.05) is 29.7 Å². The molecule has 2 aliphatic rings. The van der Waals surface area contributed by atoms with E-state index in [1.54, 1.807) is 0 Å². The number of rotatable bonds is 2. The third-order valence-corrected chi connectivity index (χ3v) is 6.91. The van der Waals surface area contributed by atoms with Gasteiger partial charge in [-0.1, -0.05) is 42.5 Å². The Kier molecular flexibility index (Phi) is 3.23. The third-order valence-electron chi connectivity index (χ3n) is 3.98. The van der Waals surface area contributed by atoms with Gasteiger partial charge in [-0.25, -0.2) is 0 Å². The van der Waals surface area contributed by atoms with Crippen molar-refractivity contribution in [3.8, 4) is 0 Å². The fourth-order valence-corrected chi connectivity index (χ4v) is 5.80. The van der Waals surface area contributed by atoms with E-state index >= 15 is 0 Å². The van der Waals surface area contributed by atoms with Gasteiger partial charge in [0.15, 0.2) is 0 Å². The van der Waals surface area contributed by atoms with E-state index in [0.717, 1.165) is 5.88 Å². The monoisotopic (exact) mass is 312 g/mol. The molecule has 2 aromatic carbocycles. The van der Waals surface area contributed by atoms with E-state index in [0.29, 0.717) is 6.04 Å². The quantitative estimate of drug-likeness (QED) is 0.806.